The van der Waals surface area contributed by atoms with Crippen molar-refractivity contribution in [3.63, 3.8) is 0 Å². The number of benzene rings is 2. The number of nitrogens with zero attached hydrogens (tertiary/aromatic N) is 1. The van der Waals surface area contributed by atoms with E-state index in [1.165, 1.54) is 5.56 Å². The number of anilines is 1. The smallest absolute Gasteiger partial charge is 0.319 e. The number of rotatable bonds is 8. The first-order valence-corrected chi connectivity index (χ1v) is 10.3. The molecule has 6 nitrogen and oxygen atoms in total. The van der Waals surface area contributed by atoms with E-state index < -0.39 is 0 Å². The molecule has 152 valence electrons. The van der Waals surface area contributed by atoms with Crippen molar-refractivity contribution in [1.29, 1.82) is 0 Å². The van der Waals surface area contributed by atoms with Crippen molar-refractivity contribution in [3.05, 3.63) is 59.1 Å². The first-order valence-electron chi connectivity index (χ1n) is 9.46. The Bertz CT molecular complexity index is 954. The topological polar surface area (TPSA) is 72.5 Å². The van der Waals surface area contributed by atoms with E-state index in [9.17, 15) is 4.79 Å². The molecule has 3 aromatic rings. The second-order valence-electron chi connectivity index (χ2n) is 6.44. The molecule has 2 N–H and O–H groups in total. The van der Waals surface area contributed by atoms with Crippen LogP contribution < -0.4 is 20.1 Å². The number of amides is 2. The standard InChI is InChI=1S/C22H25N3O3S/c1-4-28-20-13-17(9-10-19(20)27-3)25-22(26)23-12-11-18-14-29-21(24-18)16-7-5-15(2)6-8-16/h5-10,13-14H,4,11-12H2,1-3H3,(H2,23,25,26). The van der Waals surface area contributed by atoms with Crippen LogP contribution in [0, 0.1) is 6.92 Å². The molecule has 1 heterocycles. The number of methoxy groups -OCH3 is 1. The Morgan fingerprint density at radius 2 is 1.93 bits per heavy atom. The number of hydrogen-bond donors (Lipinski definition) is 2. The molecule has 0 aliphatic heterocycles. The summed E-state index contributed by atoms with van der Waals surface area (Å²) in [5, 5.41) is 8.70. The summed E-state index contributed by atoms with van der Waals surface area (Å²) in [5.41, 5.74) is 3.95. The highest BCUT2D eigenvalue weighted by molar-refractivity contribution is 7.13. The SMILES string of the molecule is CCOc1cc(NC(=O)NCCc2csc(-c3ccc(C)cc3)n2)ccc1OC. The zero-order valence-corrected chi connectivity index (χ0v) is 17.6. The average Bonchev–Trinajstić information content (AvgIpc) is 3.18. The maximum Gasteiger partial charge on any atom is 0.319 e. The van der Waals surface area contributed by atoms with Crippen LogP contribution >= 0.6 is 11.3 Å². The van der Waals surface area contributed by atoms with Crippen molar-refractivity contribution >= 4 is 23.1 Å². The van der Waals surface area contributed by atoms with Crippen LogP contribution in [0.15, 0.2) is 47.8 Å². The molecule has 0 radical (unpaired) electrons. The van der Waals surface area contributed by atoms with E-state index in [2.05, 4.69) is 46.8 Å². The number of urea groups is 1. The van der Waals surface area contributed by atoms with Crippen LogP contribution in [0.4, 0.5) is 10.5 Å². The second kappa shape index (κ2) is 9.93. The highest BCUT2D eigenvalue weighted by Crippen LogP contribution is 2.30. The first kappa shape index (κ1) is 20.7. The van der Waals surface area contributed by atoms with E-state index in [4.69, 9.17) is 9.47 Å². The molecule has 3 rings (SSSR count). The van der Waals surface area contributed by atoms with Gasteiger partial charge in [0, 0.05) is 35.7 Å². The van der Waals surface area contributed by atoms with Gasteiger partial charge in [0.15, 0.2) is 11.5 Å². The van der Waals surface area contributed by atoms with Gasteiger partial charge < -0.3 is 20.1 Å². The third kappa shape index (κ3) is 5.71. The second-order valence-corrected chi connectivity index (χ2v) is 7.30. The van der Waals surface area contributed by atoms with Gasteiger partial charge in [-0.3, -0.25) is 0 Å². The number of aromatic nitrogens is 1. The summed E-state index contributed by atoms with van der Waals surface area (Å²) in [6.45, 7) is 4.98. The van der Waals surface area contributed by atoms with Crippen LogP contribution in [0.5, 0.6) is 11.5 Å². The normalized spacial score (nSPS) is 10.4. The van der Waals surface area contributed by atoms with Crippen molar-refractivity contribution in [3.8, 4) is 22.1 Å². The van der Waals surface area contributed by atoms with Crippen LogP contribution in [-0.4, -0.2) is 31.3 Å². The molecule has 1 aromatic heterocycles. The quantitative estimate of drug-likeness (QED) is 0.554. The fourth-order valence-corrected chi connectivity index (χ4v) is 3.61. The third-order valence-electron chi connectivity index (χ3n) is 4.24. The number of thiazole rings is 1. The summed E-state index contributed by atoms with van der Waals surface area (Å²) < 4.78 is 10.8. The molecular weight excluding hydrogens is 386 g/mol. The summed E-state index contributed by atoms with van der Waals surface area (Å²) >= 11 is 1.61. The van der Waals surface area contributed by atoms with E-state index >= 15 is 0 Å². The number of carbonyl (C=O) groups excluding carboxylic acids is 1. The van der Waals surface area contributed by atoms with Gasteiger partial charge in [0.2, 0.25) is 0 Å². The zero-order chi connectivity index (χ0) is 20.6. The highest BCUT2D eigenvalue weighted by Gasteiger charge is 2.09. The van der Waals surface area contributed by atoms with Gasteiger partial charge in [0.1, 0.15) is 5.01 Å². The number of carbonyl (C=O) groups is 1. The minimum atomic E-state index is -0.272. The number of ether oxygens (including phenoxy) is 2. The lowest BCUT2D eigenvalue weighted by atomic mass is 10.2. The Morgan fingerprint density at radius 3 is 2.66 bits per heavy atom. The van der Waals surface area contributed by atoms with E-state index in [0.717, 1.165) is 16.3 Å². The molecule has 29 heavy (non-hydrogen) atoms. The molecule has 0 fully saturated rings. The number of aryl methyl sites for hydroxylation is 1. The summed E-state index contributed by atoms with van der Waals surface area (Å²) in [6, 6.07) is 13.3. The number of hydrogen-bond acceptors (Lipinski definition) is 5. The van der Waals surface area contributed by atoms with Gasteiger partial charge in [0.05, 0.1) is 19.4 Å². The van der Waals surface area contributed by atoms with Crippen molar-refractivity contribution in [1.82, 2.24) is 10.3 Å². The lowest BCUT2D eigenvalue weighted by molar-refractivity contribution is 0.252. The van der Waals surface area contributed by atoms with Crippen molar-refractivity contribution in [2.45, 2.75) is 20.3 Å². The van der Waals surface area contributed by atoms with Gasteiger partial charge in [-0.05, 0) is 26.0 Å². The molecule has 0 aliphatic carbocycles. The molecule has 2 aromatic carbocycles. The Hall–Kier alpha value is -3.06. The van der Waals surface area contributed by atoms with Crippen LogP contribution in [0.2, 0.25) is 0 Å². The molecule has 2 amide bonds. The van der Waals surface area contributed by atoms with E-state index in [-0.39, 0.29) is 6.03 Å². The monoisotopic (exact) mass is 411 g/mol. The summed E-state index contributed by atoms with van der Waals surface area (Å²) in [5.74, 6) is 1.23. The Kier molecular flexibility index (Phi) is 7.08. The number of nitrogens with one attached hydrogen (secondary N) is 2. The zero-order valence-electron chi connectivity index (χ0n) is 16.8. The van der Waals surface area contributed by atoms with Gasteiger partial charge in [-0.25, -0.2) is 9.78 Å². The van der Waals surface area contributed by atoms with E-state index in [1.807, 2.05) is 12.3 Å². The van der Waals surface area contributed by atoms with E-state index in [0.29, 0.717) is 36.8 Å². The summed E-state index contributed by atoms with van der Waals surface area (Å²) in [6.07, 6.45) is 0.669. The Morgan fingerprint density at radius 1 is 1.14 bits per heavy atom. The predicted molar refractivity (Wildman–Crippen MR) is 117 cm³/mol. The highest BCUT2D eigenvalue weighted by atomic mass is 32.1. The van der Waals surface area contributed by atoms with Crippen molar-refractivity contribution < 1.29 is 14.3 Å². The largest absolute Gasteiger partial charge is 0.493 e. The molecule has 0 atom stereocenters. The van der Waals surface area contributed by atoms with Crippen LogP contribution in [0.1, 0.15) is 18.2 Å². The van der Waals surface area contributed by atoms with Gasteiger partial charge >= 0.3 is 6.03 Å². The average molecular weight is 412 g/mol. The third-order valence-corrected chi connectivity index (χ3v) is 5.18. The minimum absolute atomic E-state index is 0.272. The van der Waals surface area contributed by atoms with Crippen molar-refractivity contribution in [2.24, 2.45) is 0 Å². The Balaban J connectivity index is 1.50. The fourth-order valence-electron chi connectivity index (χ4n) is 2.75. The molecule has 0 saturated carbocycles. The van der Waals surface area contributed by atoms with Gasteiger partial charge in [-0.2, -0.15) is 0 Å². The first-order chi connectivity index (χ1) is 14.1. The van der Waals surface area contributed by atoms with Gasteiger partial charge in [-0.15, -0.1) is 11.3 Å². The predicted octanol–water partition coefficient (Wildman–Crippen LogP) is 4.89. The fraction of sp³-hybridized carbons (Fsp3) is 0.273. The van der Waals surface area contributed by atoms with Crippen LogP contribution in [-0.2, 0) is 6.42 Å². The lowest BCUT2D eigenvalue weighted by Gasteiger charge is -2.12. The van der Waals surface area contributed by atoms with Gasteiger partial charge in [-0.1, -0.05) is 29.8 Å². The molecule has 0 spiro atoms. The lowest BCUT2D eigenvalue weighted by Crippen LogP contribution is -2.30. The summed E-state index contributed by atoms with van der Waals surface area (Å²) in [4.78, 5) is 16.8. The molecular formula is C22H25N3O3S. The molecule has 7 heteroatoms. The Labute approximate surface area is 174 Å². The van der Waals surface area contributed by atoms with Crippen LogP contribution in [0.3, 0.4) is 0 Å². The maximum absolute atomic E-state index is 12.2. The summed E-state index contributed by atoms with van der Waals surface area (Å²) in [7, 11) is 1.58. The van der Waals surface area contributed by atoms with Gasteiger partial charge in [0.25, 0.3) is 0 Å². The molecule has 0 saturated heterocycles. The van der Waals surface area contributed by atoms with Crippen molar-refractivity contribution in [2.75, 3.05) is 25.6 Å². The van der Waals surface area contributed by atoms with E-state index in [1.54, 1.807) is 36.6 Å². The molecule has 0 bridgehead atoms. The van der Waals surface area contributed by atoms with Crippen LogP contribution in [0.25, 0.3) is 10.6 Å². The maximum atomic E-state index is 12.2. The molecule has 0 unspecified atom stereocenters. The molecule has 0 aliphatic rings. The minimum Gasteiger partial charge on any atom is -0.493 e.